The highest BCUT2D eigenvalue weighted by atomic mass is 16.3. The lowest BCUT2D eigenvalue weighted by molar-refractivity contribution is 0.476. The van der Waals surface area contributed by atoms with E-state index in [-0.39, 0.29) is 23.6 Å². The SMILES string of the molecule is CC(N=Cc1cccc(N)c1O)C(C)N=Cc1cccc(N)c1O. The van der Waals surface area contributed by atoms with E-state index < -0.39 is 0 Å². The molecular formula is C18H22N4O2. The third kappa shape index (κ3) is 4.04. The van der Waals surface area contributed by atoms with Crippen LogP contribution < -0.4 is 11.5 Å². The summed E-state index contributed by atoms with van der Waals surface area (Å²) in [5.41, 5.74) is 13.1. The number of phenols is 2. The van der Waals surface area contributed by atoms with Gasteiger partial charge >= 0.3 is 0 Å². The lowest BCUT2D eigenvalue weighted by Crippen LogP contribution is -2.16. The van der Waals surface area contributed by atoms with Gasteiger partial charge in [0.05, 0.1) is 23.5 Å². The van der Waals surface area contributed by atoms with Crippen molar-refractivity contribution in [3.63, 3.8) is 0 Å². The van der Waals surface area contributed by atoms with E-state index >= 15 is 0 Å². The molecule has 6 N–H and O–H groups in total. The molecule has 0 saturated heterocycles. The molecule has 2 aromatic carbocycles. The van der Waals surface area contributed by atoms with Crippen molar-refractivity contribution in [1.82, 2.24) is 0 Å². The topological polar surface area (TPSA) is 117 Å². The van der Waals surface area contributed by atoms with Crippen LogP contribution in [0, 0.1) is 0 Å². The molecule has 2 atom stereocenters. The molecule has 2 unspecified atom stereocenters. The zero-order valence-corrected chi connectivity index (χ0v) is 13.7. The lowest BCUT2D eigenvalue weighted by atomic mass is 10.1. The fraction of sp³-hybridized carbons (Fsp3) is 0.222. The van der Waals surface area contributed by atoms with Crippen molar-refractivity contribution in [1.29, 1.82) is 0 Å². The van der Waals surface area contributed by atoms with Gasteiger partial charge in [-0.25, -0.2) is 0 Å². The fourth-order valence-corrected chi connectivity index (χ4v) is 2.01. The van der Waals surface area contributed by atoms with Gasteiger partial charge < -0.3 is 21.7 Å². The number of rotatable bonds is 5. The first kappa shape index (κ1) is 17.3. The number of phenolic OH excluding ortho intramolecular Hbond substituents is 2. The Balaban J connectivity index is 2.08. The van der Waals surface area contributed by atoms with E-state index in [1.54, 1.807) is 48.8 Å². The van der Waals surface area contributed by atoms with Crippen LogP contribution in [0.1, 0.15) is 25.0 Å². The first-order valence-electron chi connectivity index (χ1n) is 7.61. The van der Waals surface area contributed by atoms with Gasteiger partial charge in [-0.3, -0.25) is 9.98 Å². The smallest absolute Gasteiger partial charge is 0.147 e. The largest absolute Gasteiger partial charge is 0.505 e. The van der Waals surface area contributed by atoms with Crippen LogP contribution in [0.3, 0.4) is 0 Å². The molecular weight excluding hydrogens is 304 g/mol. The molecule has 0 aliphatic rings. The van der Waals surface area contributed by atoms with Crippen LogP contribution in [0.15, 0.2) is 46.4 Å². The molecule has 0 heterocycles. The summed E-state index contributed by atoms with van der Waals surface area (Å²) in [5.74, 6) is 0.0450. The standard InChI is InChI=1S/C18H22N4O2/c1-11(21-9-13-5-3-7-15(19)17(13)23)12(2)22-10-14-6-4-8-16(20)18(14)24/h3-12,23-24H,19-20H2,1-2H3. The van der Waals surface area contributed by atoms with Crippen molar-refractivity contribution >= 4 is 23.8 Å². The molecule has 0 spiro atoms. The average Bonchev–Trinajstić information content (AvgIpc) is 2.57. The summed E-state index contributed by atoms with van der Waals surface area (Å²) < 4.78 is 0. The zero-order valence-electron chi connectivity index (χ0n) is 13.7. The number of aliphatic imine (C=N–C) groups is 2. The quantitative estimate of drug-likeness (QED) is 0.384. The summed E-state index contributed by atoms with van der Waals surface area (Å²) in [7, 11) is 0. The van der Waals surface area contributed by atoms with E-state index in [1.807, 2.05) is 13.8 Å². The Morgan fingerprint density at radius 1 is 0.792 bits per heavy atom. The Hall–Kier alpha value is -3.02. The van der Waals surface area contributed by atoms with Gasteiger partial charge in [-0.1, -0.05) is 12.1 Å². The summed E-state index contributed by atoms with van der Waals surface area (Å²) in [6.07, 6.45) is 3.17. The number of nitrogens with two attached hydrogens (primary N) is 2. The van der Waals surface area contributed by atoms with Gasteiger partial charge in [-0.05, 0) is 38.1 Å². The number of hydrogen-bond donors (Lipinski definition) is 4. The Morgan fingerprint density at radius 3 is 1.54 bits per heavy atom. The molecule has 0 bridgehead atoms. The molecule has 6 nitrogen and oxygen atoms in total. The van der Waals surface area contributed by atoms with Crippen LogP contribution in [0.4, 0.5) is 11.4 Å². The monoisotopic (exact) mass is 326 g/mol. The molecule has 2 rings (SSSR count). The highest BCUT2D eigenvalue weighted by molar-refractivity contribution is 5.87. The zero-order chi connectivity index (χ0) is 17.7. The third-order valence-corrected chi connectivity index (χ3v) is 3.79. The van der Waals surface area contributed by atoms with E-state index in [1.165, 1.54) is 0 Å². The number of hydrogen-bond acceptors (Lipinski definition) is 6. The van der Waals surface area contributed by atoms with Crippen LogP contribution in [0.5, 0.6) is 11.5 Å². The number of nitrogens with zero attached hydrogens (tertiary/aromatic N) is 2. The van der Waals surface area contributed by atoms with Gasteiger partial charge in [0.15, 0.2) is 0 Å². The van der Waals surface area contributed by atoms with Gasteiger partial charge in [0.1, 0.15) is 11.5 Å². The summed E-state index contributed by atoms with van der Waals surface area (Å²) >= 11 is 0. The Labute approximate surface area is 141 Å². The first-order valence-corrected chi connectivity index (χ1v) is 7.61. The number of para-hydroxylation sites is 2. The molecule has 0 saturated carbocycles. The Bertz CT molecular complexity index is 706. The molecule has 0 aliphatic heterocycles. The summed E-state index contributed by atoms with van der Waals surface area (Å²) in [6.45, 7) is 3.84. The second kappa shape index (κ2) is 7.50. The van der Waals surface area contributed by atoms with Crippen molar-refractivity contribution < 1.29 is 10.2 Å². The Kier molecular flexibility index (Phi) is 5.42. The number of benzene rings is 2. The van der Waals surface area contributed by atoms with Crippen molar-refractivity contribution in [3.05, 3.63) is 47.5 Å². The molecule has 0 aliphatic carbocycles. The second-order valence-electron chi connectivity index (χ2n) is 5.61. The maximum Gasteiger partial charge on any atom is 0.147 e. The number of anilines is 2. The molecule has 126 valence electrons. The molecule has 6 heteroatoms. The number of aromatic hydroxyl groups is 2. The van der Waals surface area contributed by atoms with Crippen LogP contribution in [0.25, 0.3) is 0 Å². The Morgan fingerprint density at radius 2 is 1.17 bits per heavy atom. The van der Waals surface area contributed by atoms with Crippen molar-refractivity contribution in [2.24, 2.45) is 9.98 Å². The van der Waals surface area contributed by atoms with Crippen molar-refractivity contribution in [2.45, 2.75) is 25.9 Å². The molecule has 2 aromatic rings. The predicted molar refractivity (Wildman–Crippen MR) is 99.2 cm³/mol. The van der Waals surface area contributed by atoms with Crippen LogP contribution in [-0.4, -0.2) is 34.7 Å². The van der Waals surface area contributed by atoms with E-state index in [2.05, 4.69) is 9.98 Å². The van der Waals surface area contributed by atoms with Crippen molar-refractivity contribution in [2.75, 3.05) is 11.5 Å². The minimum Gasteiger partial charge on any atom is -0.505 e. The minimum absolute atomic E-state index is 0.0225. The lowest BCUT2D eigenvalue weighted by Gasteiger charge is -2.12. The predicted octanol–water partition coefficient (Wildman–Crippen LogP) is 2.58. The van der Waals surface area contributed by atoms with Gasteiger partial charge in [-0.15, -0.1) is 0 Å². The highest BCUT2D eigenvalue weighted by Gasteiger charge is 2.09. The number of nitrogen functional groups attached to an aromatic ring is 2. The van der Waals surface area contributed by atoms with Crippen molar-refractivity contribution in [3.8, 4) is 11.5 Å². The van der Waals surface area contributed by atoms with Gasteiger partial charge in [0.2, 0.25) is 0 Å². The maximum atomic E-state index is 9.87. The average molecular weight is 326 g/mol. The minimum atomic E-state index is -0.120. The molecule has 0 fully saturated rings. The van der Waals surface area contributed by atoms with Gasteiger partial charge in [0.25, 0.3) is 0 Å². The first-order chi connectivity index (χ1) is 11.4. The second-order valence-corrected chi connectivity index (χ2v) is 5.61. The van der Waals surface area contributed by atoms with E-state index in [0.29, 0.717) is 22.5 Å². The van der Waals surface area contributed by atoms with Gasteiger partial charge in [-0.2, -0.15) is 0 Å². The third-order valence-electron chi connectivity index (χ3n) is 3.79. The summed E-state index contributed by atoms with van der Waals surface area (Å²) in [5, 5.41) is 19.7. The van der Waals surface area contributed by atoms with Crippen LogP contribution >= 0.6 is 0 Å². The van der Waals surface area contributed by atoms with Crippen LogP contribution in [-0.2, 0) is 0 Å². The molecule has 0 aromatic heterocycles. The maximum absolute atomic E-state index is 9.87. The molecule has 0 amide bonds. The summed E-state index contributed by atoms with van der Waals surface area (Å²) in [4.78, 5) is 8.81. The van der Waals surface area contributed by atoms with Crippen LogP contribution in [0.2, 0.25) is 0 Å². The van der Waals surface area contributed by atoms with E-state index in [0.717, 1.165) is 0 Å². The molecule has 24 heavy (non-hydrogen) atoms. The van der Waals surface area contributed by atoms with Gasteiger partial charge in [0, 0.05) is 23.6 Å². The normalized spacial score (nSPS) is 14.2. The fourth-order valence-electron chi connectivity index (χ4n) is 2.01. The molecule has 0 radical (unpaired) electrons. The van der Waals surface area contributed by atoms with E-state index in [4.69, 9.17) is 11.5 Å². The highest BCUT2D eigenvalue weighted by Crippen LogP contribution is 2.24. The van der Waals surface area contributed by atoms with E-state index in [9.17, 15) is 10.2 Å². The summed E-state index contributed by atoms with van der Waals surface area (Å²) in [6, 6.07) is 10.00.